The third-order valence-electron chi connectivity index (χ3n) is 4.41. The summed E-state index contributed by atoms with van der Waals surface area (Å²) in [5.41, 5.74) is 1.42. The molecule has 0 saturated carbocycles. The van der Waals surface area contributed by atoms with Crippen molar-refractivity contribution >= 4 is 5.91 Å². The quantitative estimate of drug-likeness (QED) is 0.919. The Morgan fingerprint density at radius 3 is 2.91 bits per heavy atom. The van der Waals surface area contributed by atoms with Gasteiger partial charge >= 0.3 is 0 Å². The lowest BCUT2D eigenvalue weighted by molar-refractivity contribution is 0.0663. The molecular formula is C18H21FN2O. The monoisotopic (exact) mass is 300 g/mol. The molecule has 1 unspecified atom stereocenters. The molecule has 2 aromatic rings. The van der Waals surface area contributed by atoms with E-state index >= 15 is 0 Å². The molecule has 1 amide bonds. The minimum absolute atomic E-state index is 0.0700. The number of piperidine rings is 1. The van der Waals surface area contributed by atoms with Crippen molar-refractivity contribution in [1.82, 2.24) is 9.88 Å². The molecule has 1 aromatic carbocycles. The number of nitrogens with one attached hydrogen (secondary N) is 1. The summed E-state index contributed by atoms with van der Waals surface area (Å²) in [6, 6.07) is 10.6. The molecule has 0 bridgehead atoms. The molecule has 1 atom stereocenters. The number of likely N-dealkylation sites (tertiary alicyclic amines) is 1. The van der Waals surface area contributed by atoms with Crippen molar-refractivity contribution in [3.8, 4) is 0 Å². The van der Waals surface area contributed by atoms with E-state index in [4.69, 9.17) is 0 Å². The highest BCUT2D eigenvalue weighted by atomic mass is 19.1. The van der Waals surface area contributed by atoms with Crippen LogP contribution in [0.4, 0.5) is 4.39 Å². The fraction of sp³-hybridized carbons (Fsp3) is 0.389. The summed E-state index contributed by atoms with van der Waals surface area (Å²) >= 11 is 0. The van der Waals surface area contributed by atoms with Gasteiger partial charge < -0.3 is 9.88 Å². The smallest absolute Gasteiger partial charge is 0.270 e. The van der Waals surface area contributed by atoms with Gasteiger partial charge in [-0.1, -0.05) is 18.2 Å². The van der Waals surface area contributed by atoms with Crippen molar-refractivity contribution in [2.24, 2.45) is 5.92 Å². The van der Waals surface area contributed by atoms with Crippen LogP contribution in [0.15, 0.2) is 42.6 Å². The lowest BCUT2D eigenvalue weighted by atomic mass is 9.91. The second-order valence-corrected chi connectivity index (χ2v) is 5.97. The Morgan fingerprint density at radius 2 is 2.14 bits per heavy atom. The first-order valence-electron chi connectivity index (χ1n) is 7.90. The molecule has 1 aliphatic heterocycles. The van der Waals surface area contributed by atoms with Crippen LogP contribution in [0.2, 0.25) is 0 Å². The highest BCUT2D eigenvalue weighted by Crippen LogP contribution is 2.23. The van der Waals surface area contributed by atoms with E-state index in [1.165, 1.54) is 6.07 Å². The van der Waals surface area contributed by atoms with Crippen molar-refractivity contribution in [2.75, 3.05) is 13.1 Å². The number of amides is 1. The maximum atomic E-state index is 13.7. The molecule has 2 heterocycles. The van der Waals surface area contributed by atoms with Gasteiger partial charge in [-0.2, -0.15) is 0 Å². The van der Waals surface area contributed by atoms with Gasteiger partial charge in [-0.3, -0.25) is 4.79 Å². The van der Waals surface area contributed by atoms with Crippen molar-refractivity contribution in [2.45, 2.75) is 25.7 Å². The predicted molar refractivity (Wildman–Crippen MR) is 84.1 cm³/mol. The summed E-state index contributed by atoms with van der Waals surface area (Å²) < 4.78 is 13.7. The molecule has 1 N–H and O–H groups in total. The molecule has 116 valence electrons. The zero-order valence-corrected chi connectivity index (χ0v) is 12.6. The Labute approximate surface area is 130 Å². The van der Waals surface area contributed by atoms with E-state index in [1.54, 1.807) is 12.3 Å². The number of benzene rings is 1. The first-order chi connectivity index (χ1) is 10.7. The molecule has 3 nitrogen and oxygen atoms in total. The normalized spacial score (nSPS) is 18.4. The van der Waals surface area contributed by atoms with Crippen molar-refractivity contribution in [3.63, 3.8) is 0 Å². The molecule has 22 heavy (non-hydrogen) atoms. The van der Waals surface area contributed by atoms with Crippen molar-refractivity contribution in [1.29, 1.82) is 0 Å². The predicted octanol–water partition coefficient (Wildman–Crippen LogP) is 3.64. The highest BCUT2D eigenvalue weighted by Gasteiger charge is 2.24. The van der Waals surface area contributed by atoms with Crippen LogP contribution < -0.4 is 0 Å². The summed E-state index contributed by atoms with van der Waals surface area (Å²) in [4.78, 5) is 17.3. The summed E-state index contributed by atoms with van der Waals surface area (Å²) in [6.45, 7) is 1.58. The van der Waals surface area contributed by atoms with Gasteiger partial charge in [0.15, 0.2) is 0 Å². The summed E-state index contributed by atoms with van der Waals surface area (Å²) in [7, 11) is 0. The van der Waals surface area contributed by atoms with E-state index in [9.17, 15) is 9.18 Å². The Morgan fingerprint density at radius 1 is 1.27 bits per heavy atom. The first-order valence-corrected chi connectivity index (χ1v) is 7.90. The van der Waals surface area contributed by atoms with Crippen molar-refractivity contribution < 1.29 is 9.18 Å². The van der Waals surface area contributed by atoms with Crippen LogP contribution in [-0.2, 0) is 6.42 Å². The number of carbonyl (C=O) groups excluding carboxylic acids is 1. The van der Waals surface area contributed by atoms with E-state index < -0.39 is 0 Å². The van der Waals surface area contributed by atoms with Gasteiger partial charge in [-0.25, -0.2) is 4.39 Å². The van der Waals surface area contributed by atoms with Crippen LogP contribution in [-0.4, -0.2) is 28.9 Å². The fourth-order valence-corrected chi connectivity index (χ4v) is 3.18. The second-order valence-electron chi connectivity index (χ2n) is 5.97. The zero-order valence-electron chi connectivity index (χ0n) is 12.6. The number of hydrogen-bond donors (Lipinski definition) is 1. The Hall–Kier alpha value is -2.10. The zero-order chi connectivity index (χ0) is 15.4. The molecular weight excluding hydrogens is 279 g/mol. The number of hydrogen-bond acceptors (Lipinski definition) is 1. The molecule has 0 spiro atoms. The average molecular weight is 300 g/mol. The van der Waals surface area contributed by atoms with E-state index in [-0.39, 0.29) is 11.7 Å². The van der Waals surface area contributed by atoms with Gasteiger partial charge in [0.25, 0.3) is 5.91 Å². The number of carbonyl (C=O) groups is 1. The third kappa shape index (κ3) is 3.38. The molecule has 1 aromatic heterocycles. The third-order valence-corrected chi connectivity index (χ3v) is 4.41. The van der Waals surface area contributed by atoms with Gasteiger partial charge in [0.05, 0.1) is 0 Å². The lowest BCUT2D eigenvalue weighted by Crippen LogP contribution is -2.40. The van der Waals surface area contributed by atoms with Gasteiger partial charge in [-0.15, -0.1) is 0 Å². The lowest BCUT2D eigenvalue weighted by Gasteiger charge is -2.32. The summed E-state index contributed by atoms with van der Waals surface area (Å²) in [5, 5.41) is 0. The van der Waals surface area contributed by atoms with Crippen LogP contribution in [0, 0.1) is 11.7 Å². The molecule has 0 aliphatic carbocycles. The number of rotatable bonds is 4. The molecule has 4 heteroatoms. The van der Waals surface area contributed by atoms with Crippen LogP contribution in [0.5, 0.6) is 0 Å². The number of nitrogens with zero attached hydrogens (tertiary/aromatic N) is 1. The standard InChI is InChI=1S/C18H21FN2O/c19-16-7-2-1-6-15(16)10-9-14-5-4-12-21(13-14)18(22)17-8-3-11-20-17/h1-3,6-8,11,14,20H,4-5,9-10,12-13H2. The van der Waals surface area contributed by atoms with E-state index in [1.807, 2.05) is 29.2 Å². The van der Waals surface area contributed by atoms with Crippen molar-refractivity contribution in [3.05, 3.63) is 59.7 Å². The van der Waals surface area contributed by atoms with Gasteiger partial charge in [0, 0.05) is 19.3 Å². The number of H-pyrrole nitrogens is 1. The SMILES string of the molecule is O=C(c1ccc[nH]1)N1CCCC(CCc2ccccc2F)C1. The summed E-state index contributed by atoms with van der Waals surface area (Å²) in [5.74, 6) is 0.394. The number of aryl methyl sites for hydroxylation is 1. The van der Waals surface area contributed by atoms with Crippen LogP contribution in [0.3, 0.4) is 0 Å². The summed E-state index contributed by atoms with van der Waals surface area (Å²) in [6.07, 6.45) is 5.57. The topological polar surface area (TPSA) is 36.1 Å². The Kier molecular flexibility index (Phi) is 4.56. The Balaban J connectivity index is 1.57. The average Bonchev–Trinajstić information content (AvgIpc) is 3.08. The van der Waals surface area contributed by atoms with Gasteiger partial charge in [0.2, 0.25) is 0 Å². The number of aromatic amines is 1. The number of halogens is 1. The fourth-order valence-electron chi connectivity index (χ4n) is 3.18. The first kappa shape index (κ1) is 14.8. The number of aromatic nitrogens is 1. The van der Waals surface area contributed by atoms with E-state index in [2.05, 4.69) is 4.98 Å². The van der Waals surface area contributed by atoms with Gasteiger partial charge in [-0.05, 0) is 55.4 Å². The molecule has 1 saturated heterocycles. The largest absolute Gasteiger partial charge is 0.357 e. The molecule has 1 aliphatic rings. The molecule has 1 fully saturated rings. The van der Waals surface area contributed by atoms with Gasteiger partial charge in [0.1, 0.15) is 11.5 Å². The molecule has 0 radical (unpaired) electrons. The highest BCUT2D eigenvalue weighted by molar-refractivity contribution is 5.92. The minimum atomic E-state index is -0.127. The second kappa shape index (κ2) is 6.77. The maximum Gasteiger partial charge on any atom is 0.270 e. The van der Waals surface area contributed by atoms with E-state index in [0.29, 0.717) is 11.6 Å². The van der Waals surface area contributed by atoms with E-state index in [0.717, 1.165) is 44.3 Å². The van der Waals surface area contributed by atoms with Crippen LogP contribution >= 0.6 is 0 Å². The van der Waals surface area contributed by atoms with Crippen LogP contribution in [0.1, 0.15) is 35.3 Å². The molecule has 3 rings (SSSR count). The minimum Gasteiger partial charge on any atom is -0.357 e. The maximum absolute atomic E-state index is 13.7. The Bertz CT molecular complexity index is 624. The van der Waals surface area contributed by atoms with Crippen LogP contribution in [0.25, 0.3) is 0 Å².